The number of hydrogen-bond acceptors (Lipinski definition) is 4. The lowest BCUT2D eigenvalue weighted by Gasteiger charge is -2.21. The van der Waals surface area contributed by atoms with E-state index in [9.17, 15) is 4.79 Å². The van der Waals surface area contributed by atoms with E-state index in [-0.39, 0.29) is 6.10 Å². The number of carbonyl (C=O) groups excluding carboxylic acids is 1. The van der Waals surface area contributed by atoms with Crippen LogP contribution < -0.4 is 11.2 Å². The second-order valence-corrected chi connectivity index (χ2v) is 4.71. The first kappa shape index (κ1) is 15.2. The molecule has 0 aromatic rings. The molecule has 3 N–H and O–H groups in total. The molecule has 0 bridgehead atoms. The first-order valence-electron chi connectivity index (χ1n) is 5.73. The van der Waals surface area contributed by atoms with E-state index < -0.39 is 11.7 Å². The molecule has 0 aromatic heterocycles. The van der Waals surface area contributed by atoms with Crippen LogP contribution in [0.5, 0.6) is 0 Å². The number of hydroxylamine groups is 1. The van der Waals surface area contributed by atoms with Gasteiger partial charge in [0.1, 0.15) is 5.60 Å². The van der Waals surface area contributed by atoms with Gasteiger partial charge in [-0.3, -0.25) is 4.84 Å². The third kappa shape index (κ3) is 8.49. The number of carbonyl (C=O) groups is 1. The first-order chi connectivity index (χ1) is 7.39. The van der Waals surface area contributed by atoms with E-state index in [1.807, 2.05) is 0 Å². The maximum Gasteiger partial charge on any atom is 0.431 e. The fraction of sp³-hybridized carbons (Fsp3) is 0.909. The van der Waals surface area contributed by atoms with Crippen LogP contribution in [0.3, 0.4) is 0 Å². The maximum atomic E-state index is 11.3. The molecular formula is C11H24N2O3. The summed E-state index contributed by atoms with van der Waals surface area (Å²) in [4.78, 5) is 16.5. The minimum Gasteiger partial charge on any atom is -0.442 e. The van der Waals surface area contributed by atoms with E-state index in [4.69, 9.17) is 15.3 Å². The van der Waals surface area contributed by atoms with Gasteiger partial charge in [-0.25, -0.2) is 4.79 Å². The topological polar surface area (TPSA) is 73.6 Å². The SMILES string of the molecule is CCCC(CCN)ONC(=O)OC(C)(C)C. The number of nitrogens with one attached hydrogen (secondary N) is 1. The maximum absolute atomic E-state index is 11.3. The molecule has 1 amide bonds. The fourth-order valence-corrected chi connectivity index (χ4v) is 1.20. The summed E-state index contributed by atoms with van der Waals surface area (Å²) in [6, 6.07) is 0. The van der Waals surface area contributed by atoms with E-state index in [1.165, 1.54) is 0 Å². The predicted octanol–water partition coefficient (Wildman–Crippen LogP) is 1.96. The van der Waals surface area contributed by atoms with Gasteiger partial charge in [0.05, 0.1) is 6.10 Å². The molecule has 0 aromatic carbocycles. The predicted molar refractivity (Wildman–Crippen MR) is 62.8 cm³/mol. The summed E-state index contributed by atoms with van der Waals surface area (Å²) in [6.07, 6.45) is 1.98. The molecule has 0 fully saturated rings. The van der Waals surface area contributed by atoms with Crippen molar-refractivity contribution in [2.45, 2.75) is 58.7 Å². The minimum atomic E-state index is -0.564. The van der Waals surface area contributed by atoms with Gasteiger partial charge in [0.2, 0.25) is 0 Å². The second-order valence-electron chi connectivity index (χ2n) is 4.71. The van der Waals surface area contributed by atoms with Gasteiger partial charge in [0, 0.05) is 0 Å². The number of nitrogens with two attached hydrogens (primary N) is 1. The average molecular weight is 232 g/mol. The van der Waals surface area contributed by atoms with Crippen molar-refractivity contribution in [1.82, 2.24) is 5.48 Å². The summed E-state index contributed by atoms with van der Waals surface area (Å²) in [6.45, 7) is 8.00. The molecule has 1 unspecified atom stereocenters. The summed E-state index contributed by atoms with van der Waals surface area (Å²) in [5, 5.41) is 0. The van der Waals surface area contributed by atoms with Crippen LogP contribution in [-0.2, 0) is 9.57 Å². The Morgan fingerprint density at radius 2 is 2.00 bits per heavy atom. The lowest BCUT2D eigenvalue weighted by atomic mass is 10.1. The Balaban J connectivity index is 3.86. The van der Waals surface area contributed by atoms with Crippen molar-refractivity contribution in [1.29, 1.82) is 0 Å². The number of ether oxygens (including phenoxy) is 1. The molecule has 16 heavy (non-hydrogen) atoms. The molecule has 0 heterocycles. The Hall–Kier alpha value is -0.810. The van der Waals surface area contributed by atoms with Crippen molar-refractivity contribution in [3.05, 3.63) is 0 Å². The Kier molecular flexibility index (Phi) is 7.08. The normalized spacial score (nSPS) is 13.3. The van der Waals surface area contributed by atoms with Crippen molar-refractivity contribution in [3.8, 4) is 0 Å². The molecule has 96 valence electrons. The van der Waals surface area contributed by atoms with Crippen LogP contribution in [-0.4, -0.2) is 24.3 Å². The second kappa shape index (κ2) is 7.46. The molecule has 0 radical (unpaired) electrons. The third-order valence-electron chi connectivity index (χ3n) is 1.81. The van der Waals surface area contributed by atoms with Crippen LogP contribution in [0, 0.1) is 0 Å². The molecule has 0 rings (SSSR count). The average Bonchev–Trinajstić information content (AvgIpc) is 2.12. The highest BCUT2D eigenvalue weighted by Gasteiger charge is 2.17. The summed E-state index contributed by atoms with van der Waals surface area (Å²) in [7, 11) is 0. The summed E-state index contributed by atoms with van der Waals surface area (Å²) in [5.74, 6) is 0. The van der Waals surface area contributed by atoms with Crippen molar-refractivity contribution >= 4 is 6.09 Å². The number of amides is 1. The van der Waals surface area contributed by atoms with Crippen molar-refractivity contribution < 1.29 is 14.4 Å². The van der Waals surface area contributed by atoms with Crippen molar-refractivity contribution in [2.24, 2.45) is 5.73 Å². The lowest BCUT2D eigenvalue weighted by Crippen LogP contribution is -2.35. The van der Waals surface area contributed by atoms with E-state index in [2.05, 4.69) is 12.4 Å². The molecule has 0 saturated heterocycles. The Bertz CT molecular complexity index is 196. The quantitative estimate of drug-likeness (QED) is 0.686. The number of rotatable bonds is 6. The Labute approximate surface area is 97.6 Å². The van der Waals surface area contributed by atoms with Crippen LogP contribution in [0.25, 0.3) is 0 Å². The third-order valence-corrected chi connectivity index (χ3v) is 1.81. The van der Waals surface area contributed by atoms with Crippen molar-refractivity contribution in [2.75, 3.05) is 6.54 Å². The van der Waals surface area contributed by atoms with Gasteiger partial charge in [-0.2, -0.15) is 5.48 Å². The van der Waals surface area contributed by atoms with Crippen LogP contribution in [0.1, 0.15) is 47.0 Å². The highest BCUT2D eigenvalue weighted by molar-refractivity contribution is 5.66. The van der Waals surface area contributed by atoms with Crippen molar-refractivity contribution in [3.63, 3.8) is 0 Å². The highest BCUT2D eigenvalue weighted by Crippen LogP contribution is 2.08. The van der Waals surface area contributed by atoms with Gasteiger partial charge in [0.15, 0.2) is 0 Å². The van der Waals surface area contributed by atoms with Gasteiger partial charge in [-0.05, 0) is 40.2 Å². The molecule has 0 saturated carbocycles. The largest absolute Gasteiger partial charge is 0.442 e. The zero-order chi connectivity index (χ0) is 12.6. The van der Waals surface area contributed by atoms with Crippen LogP contribution in [0.2, 0.25) is 0 Å². The van der Waals surface area contributed by atoms with Gasteiger partial charge < -0.3 is 10.5 Å². The molecule has 5 nitrogen and oxygen atoms in total. The molecular weight excluding hydrogens is 208 g/mol. The van der Waals surface area contributed by atoms with Gasteiger partial charge >= 0.3 is 6.09 Å². The van der Waals surface area contributed by atoms with Crippen LogP contribution in [0.4, 0.5) is 4.79 Å². The monoisotopic (exact) mass is 232 g/mol. The lowest BCUT2D eigenvalue weighted by molar-refractivity contribution is -0.0468. The van der Waals surface area contributed by atoms with Gasteiger partial charge in [0.25, 0.3) is 0 Å². The van der Waals surface area contributed by atoms with Gasteiger partial charge in [-0.1, -0.05) is 13.3 Å². The molecule has 0 spiro atoms. The summed E-state index contributed by atoms with van der Waals surface area (Å²) >= 11 is 0. The fourth-order valence-electron chi connectivity index (χ4n) is 1.20. The summed E-state index contributed by atoms with van der Waals surface area (Å²) in [5.41, 5.74) is 7.22. The molecule has 0 aliphatic heterocycles. The zero-order valence-electron chi connectivity index (χ0n) is 10.7. The van der Waals surface area contributed by atoms with E-state index >= 15 is 0 Å². The summed E-state index contributed by atoms with van der Waals surface area (Å²) < 4.78 is 5.04. The molecule has 0 aliphatic carbocycles. The Morgan fingerprint density at radius 3 is 2.44 bits per heavy atom. The van der Waals surface area contributed by atoms with Crippen LogP contribution in [0.15, 0.2) is 0 Å². The Morgan fingerprint density at radius 1 is 1.38 bits per heavy atom. The van der Waals surface area contributed by atoms with E-state index in [0.717, 1.165) is 19.3 Å². The van der Waals surface area contributed by atoms with Crippen LogP contribution >= 0.6 is 0 Å². The number of hydrogen-bond donors (Lipinski definition) is 2. The molecule has 5 heteroatoms. The smallest absolute Gasteiger partial charge is 0.431 e. The van der Waals surface area contributed by atoms with E-state index in [0.29, 0.717) is 6.54 Å². The zero-order valence-corrected chi connectivity index (χ0v) is 10.7. The minimum absolute atomic E-state index is 0.0393. The standard InChI is InChI=1S/C11H24N2O3/c1-5-6-9(7-8-12)16-13-10(14)15-11(2,3)4/h9H,5-8,12H2,1-4H3,(H,13,14). The molecule has 1 atom stereocenters. The first-order valence-corrected chi connectivity index (χ1v) is 5.73. The highest BCUT2D eigenvalue weighted by atomic mass is 16.7. The molecule has 0 aliphatic rings. The van der Waals surface area contributed by atoms with Gasteiger partial charge in [-0.15, -0.1) is 0 Å². The van der Waals surface area contributed by atoms with E-state index in [1.54, 1.807) is 20.8 Å².